The van der Waals surface area contributed by atoms with Gasteiger partial charge in [0.2, 0.25) is 0 Å². The molecule has 0 amide bonds. The fraction of sp³-hybridized carbons (Fsp3) is 0.111. The van der Waals surface area contributed by atoms with Gasteiger partial charge in [-0.05, 0) is 6.07 Å². The van der Waals surface area contributed by atoms with Crippen LogP contribution in [-0.2, 0) is 4.79 Å². The van der Waals surface area contributed by atoms with E-state index in [0.29, 0.717) is 6.29 Å². The molecule has 1 aromatic heterocycles. The summed E-state index contributed by atoms with van der Waals surface area (Å²) < 4.78 is 12.9. The third kappa shape index (κ3) is 2.85. The highest BCUT2D eigenvalue weighted by Gasteiger charge is 1.99. The zero-order valence-electron chi connectivity index (χ0n) is 6.55. The SMILES string of the molecule is O=CCC#Cc1cc(Cl)ncc1F. The van der Waals surface area contributed by atoms with E-state index in [1.54, 1.807) is 0 Å². The topological polar surface area (TPSA) is 30.0 Å². The molecule has 0 saturated heterocycles. The third-order valence-corrected chi connectivity index (χ3v) is 1.44. The second kappa shape index (κ2) is 4.58. The Hall–Kier alpha value is -1.40. The molecule has 4 heteroatoms. The van der Waals surface area contributed by atoms with Gasteiger partial charge >= 0.3 is 0 Å². The van der Waals surface area contributed by atoms with Crippen molar-refractivity contribution in [2.75, 3.05) is 0 Å². The van der Waals surface area contributed by atoms with Gasteiger partial charge < -0.3 is 4.79 Å². The predicted molar refractivity (Wildman–Crippen MR) is 46.8 cm³/mol. The number of hydrogen-bond donors (Lipinski definition) is 0. The highest BCUT2D eigenvalue weighted by Crippen LogP contribution is 2.09. The predicted octanol–water partition coefficient (Wildman–Crippen LogP) is 1.81. The van der Waals surface area contributed by atoms with E-state index in [-0.39, 0.29) is 17.1 Å². The molecular formula is C9H5ClFNO. The van der Waals surface area contributed by atoms with Gasteiger partial charge in [0.1, 0.15) is 11.4 Å². The molecule has 0 bridgehead atoms. The molecule has 0 radical (unpaired) electrons. The molecule has 0 aliphatic rings. The van der Waals surface area contributed by atoms with Crippen LogP contribution in [-0.4, -0.2) is 11.3 Å². The molecule has 0 atom stereocenters. The van der Waals surface area contributed by atoms with Crippen molar-refractivity contribution in [2.24, 2.45) is 0 Å². The average molecular weight is 198 g/mol. The van der Waals surface area contributed by atoms with Crippen LogP contribution in [0.1, 0.15) is 12.0 Å². The average Bonchev–Trinajstić information content (AvgIpc) is 2.11. The number of carbonyl (C=O) groups is 1. The Labute approximate surface area is 79.7 Å². The minimum atomic E-state index is -0.539. The summed E-state index contributed by atoms with van der Waals surface area (Å²) in [6.07, 6.45) is 1.72. The van der Waals surface area contributed by atoms with Crippen LogP contribution in [0.2, 0.25) is 5.15 Å². The second-order valence-corrected chi connectivity index (χ2v) is 2.55. The minimum Gasteiger partial charge on any atom is -0.302 e. The van der Waals surface area contributed by atoms with Gasteiger partial charge in [-0.15, -0.1) is 0 Å². The fourth-order valence-electron chi connectivity index (χ4n) is 0.697. The lowest BCUT2D eigenvalue weighted by Crippen LogP contribution is -1.86. The smallest absolute Gasteiger partial charge is 0.157 e. The summed E-state index contributed by atoms with van der Waals surface area (Å²) in [5.74, 6) is 4.41. The van der Waals surface area contributed by atoms with Crippen LogP contribution < -0.4 is 0 Å². The normalized spacial score (nSPS) is 8.77. The molecule has 0 aliphatic carbocycles. The first kappa shape index (κ1) is 9.69. The number of nitrogens with zero attached hydrogens (tertiary/aromatic N) is 1. The monoisotopic (exact) mass is 197 g/mol. The van der Waals surface area contributed by atoms with Crippen molar-refractivity contribution >= 4 is 17.9 Å². The van der Waals surface area contributed by atoms with E-state index in [9.17, 15) is 9.18 Å². The summed E-state index contributed by atoms with van der Waals surface area (Å²) in [5, 5.41) is 0.178. The highest BCUT2D eigenvalue weighted by atomic mass is 35.5. The summed E-state index contributed by atoms with van der Waals surface area (Å²) >= 11 is 5.51. The molecular weight excluding hydrogens is 193 g/mol. The van der Waals surface area contributed by atoms with Crippen LogP contribution in [0.4, 0.5) is 4.39 Å². The van der Waals surface area contributed by atoms with Gasteiger partial charge in [-0.25, -0.2) is 9.37 Å². The maximum Gasteiger partial charge on any atom is 0.157 e. The van der Waals surface area contributed by atoms with E-state index in [1.165, 1.54) is 6.07 Å². The number of halogens is 2. The molecule has 0 fully saturated rings. The number of aromatic nitrogens is 1. The first-order valence-electron chi connectivity index (χ1n) is 3.47. The largest absolute Gasteiger partial charge is 0.302 e. The zero-order valence-corrected chi connectivity index (χ0v) is 7.31. The Bertz CT molecular complexity index is 381. The van der Waals surface area contributed by atoms with Gasteiger partial charge in [0.05, 0.1) is 18.2 Å². The molecule has 2 nitrogen and oxygen atoms in total. The van der Waals surface area contributed by atoms with Crippen molar-refractivity contribution in [3.05, 3.63) is 28.8 Å². The summed E-state index contributed by atoms with van der Waals surface area (Å²) in [4.78, 5) is 13.4. The third-order valence-electron chi connectivity index (χ3n) is 1.23. The zero-order chi connectivity index (χ0) is 9.68. The number of aldehydes is 1. The van der Waals surface area contributed by atoms with Crippen molar-refractivity contribution in [1.29, 1.82) is 0 Å². The van der Waals surface area contributed by atoms with Crippen LogP contribution in [0.3, 0.4) is 0 Å². The first-order valence-corrected chi connectivity index (χ1v) is 3.85. The molecule has 66 valence electrons. The van der Waals surface area contributed by atoms with Crippen LogP contribution in [0.25, 0.3) is 0 Å². The number of carbonyl (C=O) groups excluding carboxylic acids is 1. The van der Waals surface area contributed by atoms with Gasteiger partial charge in [0.25, 0.3) is 0 Å². The van der Waals surface area contributed by atoms with E-state index >= 15 is 0 Å². The lowest BCUT2D eigenvalue weighted by Gasteiger charge is -1.92. The number of pyridine rings is 1. The molecule has 0 saturated carbocycles. The van der Waals surface area contributed by atoms with E-state index in [4.69, 9.17) is 11.6 Å². The molecule has 0 aromatic carbocycles. The van der Waals surface area contributed by atoms with Crippen LogP contribution >= 0.6 is 11.6 Å². The minimum absolute atomic E-state index is 0.0827. The van der Waals surface area contributed by atoms with E-state index in [1.807, 2.05) is 0 Å². The lowest BCUT2D eigenvalue weighted by atomic mass is 10.2. The van der Waals surface area contributed by atoms with Gasteiger partial charge in [-0.1, -0.05) is 23.4 Å². The maximum atomic E-state index is 12.9. The van der Waals surface area contributed by atoms with Crippen molar-refractivity contribution in [3.63, 3.8) is 0 Å². The molecule has 0 N–H and O–H groups in total. The number of rotatable bonds is 1. The Balaban J connectivity index is 2.95. The Morgan fingerprint density at radius 3 is 3.15 bits per heavy atom. The van der Waals surface area contributed by atoms with Gasteiger partial charge in [-0.3, -0.25) is 0 Å². The van der Waals surface area contributed by atoms with Crippen LogP contribution in [0, 0.1) is 17.7 Å². The van der Waals surface area contributed by atoms with E-state index < -0.39 is 5.82 Å². The summed E-state index contributed by atoms with van der Waals surface area (Å²) in [6, 6.07) is 1.31. The molecule has 0 aliphatic heterocycles. The molecule has 1 rings (SSSR count). The van der Waals surface area contributed by atoms with Crippen molar-refractivity contribution in [3.8, 4) is 11.8 Å². The van der Waals surface area contributed by atoms with Crippen LogP contribution in [0.15, 0.2) is 12.3 Å². The summed E-state index contributed by atoms with van der Waals surface area (Å²) in [7, 11) is 0. The van der Waals surface area contributed by atoms with Gasteiger partial charge in [0, 0.05) is 0 Å². The standard InChI is InChI=1S/C9H5ClFNO/c10-9-5-7(3-1-2-4-13)8(11)6-12-9/h4-6H,2H2. The first-order chi connectivity index (χ1) is 6.24. The van der Waals surface area contributed by atoms with Crippen molar-refractivity contribution < 1.29 is 9.18 Å². The highest BCUT2D eigenvalue weighted by molar-refractivity contribution is 6.29. The van der Waals surface area contributed by atoms with Gasteiger partial charge in [0.15, 0.2) is 5.82 Å². The quantitative estimate of drug-likeness (QED) is 0.391. The molecule has 0 spiro atoms. The Morgan fingerprint density at radius 2 is 2.46 bits per heavy atom. The second-order valence-electron chi connectivity index (χ2n) is 2.16. The van der Waals surface area contributed by atoms with Crippen molar-refractivity contribution in [1.82, 2.24) is 4.98 Å². The molecule has 1 aromatic rings. The maximum absolute atomic E-state index is 12.9. The number of hydrogen-bond acceptors (Lipinski definition) is 2. The fourth-order valence-corrected chi connectivity index (χ4v) is 0.855. The molecule has 0 unspecified atom stereocenters. The lowest BCUT2D eigenvalue weighted by molar-refractivity contribution is -0.107. The van der Waals surface area contributed by atoms with Crippen LogP contribution in [0.5, 0.6) is 0 Å². The molecule has 13 heavy (non-hydrogen) atoms. The summed E-state index contributed by atoms with van der Waals surface area (Å²) in [6.45, 7) is 0. The van der Waals surface area contributed by atoms with Gasteiger partial charge in [-0.2, -0.15) is 0 Å². The summed E-state index contributed by atoms with van der Waals surface area (Å²) in [5.41, 5.74) is 0.154. The Kier molecular flexibility index (Phi) is 3.41. The van der Waals surface area contributed by atoms with E-state index in [2.05, 4.69) is 16.8 Å². The van der Waals surface area contributed by atoms with E-state index in [0.717, 1.165) is 6.20 Å². The van der Waals surface area contributed by atoms with Crippen molar-refractivity contribution in [2.45, 2.75) is 6.42 Å². The molecule has 1 heterocycles. The Morgan fingerprint density at radius 1 is 1.69 bits per heavy atom.